The molecule has 0 aliphatic carbocycles. The highest BCUT2D eigenvalue weighted by Gasteiger charge is 2.29. The molecule has 0 aliphatic rings. The summed E-state index contributed by atoms with van der Waals surface area (Å²) in [5, 5.41) is 18.0. The molecule has 1 amide bonds. The van der Waals surface area contributed by atoms with Crippen LogP contribution in [0.5, 0.6) is 0 Å². The van der Waals surface area contributed by atoms with E-state index in [1.165, 1.54) is 0 Å². The third-order valence-electron chi connectivity index (χ3n) is 5.08. The SMILES string of the molecule is CCOC(=O)C(Nc1cc(C)c(C)cc1NC(=O)OC(C)(C)C)c1nnnn1Cc1ccccc1. The number of nitrogens with one attached hydrogen (secondary N) is 2. The number of aromatic nitrogens is 4. The number of nitrogens with zero attached hydrogens (tertiary/aromatic N) is 4. The van der Waals surface area contributed by atoms with Gasteiger partial charge in [-0.1, -0.05) is 30.3 Å². The van der Waals surface area contributed by atoms with Crippen molar-refractivity contribution < 1.29 is 19.1 Å². The maximum Gasteiger partial charge on any atom is 0.412 e. The van der Waals surface area contributed by atoms with Crippen molar-refractivity contribution in [3.05, 3.63) is 65.0 Å². The van der Waals surface area contributed by atoms with E-state index in [4.69, 9.17) is 9.47 Å². The second-order valence-electron chi connectivity index (χ2n) is 9.12. The number of carbonyl (C=O) groups is 2. The molecule has 0 radical (unpaired) electrons. The molecule has 1 aromatic heterocycles. The summed E-state index contributed by atoms with van der Waals surface area (Å²) in [5.74, 6) is -0.258. The fraction of sp³-hybridized carbons (Fsp3) is 0.400. The smallest absolute Gasteiger partial charge is 0.412 e. The minimum Gasteiger partial charge on any atom is -0.464 e. The van der Waals surface area contributed by atoms with E-state index in [1.54, 1.807) is 32.4 Å². The second-order valence-corrected chi connectivity index (χ2v) is 9.12. The van der Waals surface area contributed by atoms with Gasteiger partial charge in [0, 0.05) is 0 Å². The van der Waals surface area contributed by atoms with Gasteiger partial charge in [0.2, 0.25) is 0 Å². The van der Waals surface area contributed by atoms with E-state index in [2.05, 4.69) is 26.2 Å². The summed E-state index contributed by atoms with van der Waals surface area (Å²) in [6.07, 6.45) is -0.606. The molecule has 0 aliphatic heterocycles. The van der Waals surface area contributed by atoms with Gasteiger partial charge in [-0.25, -0.2) is 14.3 Å². The normalized spacial score (nSPS) is 12.1. The number of tetrazole rings is 1. The fourth-order valence-electron chi connectivity index (χ4n) is 3.35. The first-order valence-electron chi connectivity index (χ1n) is 11.4. The minimum absolute atomic E-state index is 0.188. The van der Waals surface area contributed by atoms with Gasteiger partial charge in [-0.15, -0.1) is 5.10 Å². The van der Waals surface area contributed by atoms with Crippen molar-refractivity contribution in [2.24, 2.45) is 0 Å². The summed E-state index contributed by atoms with van der Waals surface area (Å²) in [6.45, 7) is 11.5. The van der Waals surface area contributed by atoms with Gasteiger partial charge >= 0.3 is 12.1 Å². The fourth-order valence-corrected chi connectivity index (χ4v) is 3.35. The van der Waals surface area contributed by atoms with Crippen LogP contribution in [0, 0.1) is 13.8 Å². The number of carbonyl (C=O) groups excluding carboxylic acids is 2. The summed E-state index contributed by atoms with van der Waals surface area (Å²) in [6, 6.07) is 12.3. The Morgan fingerprint density at radius 2 is 1.71 bits per heavy atom. The van der Waals surface area contributed by atoms with Crippen LogP contribution in [0.1, 0.15) is 56.3 Å². The van der Waals surface area contributed by atoms with E-state index < -0.39 is 23.7 Å². The van der Waals surface area contributed by atoms with Crippen molar-refractivity contribution in [1.29, 1.82) is 0 Å². The van der Waals surface area contributed by atoms with Crippen molar-refractivity contribution in [1.82, 2.24) is 20.2 Å². The molecule has 186 valence electrons. The van der Waals surface area contributed by atoms with Crippen molar-refractivity contribution in [2.75, 3.05) is 17.2 Å². The zero-order valence-electron chi connectivity index (χ0n) is 21.0. The molecule has 3 aromatic rings. The molecule has 3 rings (SSSR count). The first-order valence-corrected chi connectivity index (χ1v) is 11.4. The monoisotopic (exact) mass is 480 g/mol. The first kappa shape index (κ1) is 25.7. The van der Waals surface area contributed by atoms with Crippen molar-refractivity contribution >= 4 is 23.4 Å². The lowest BCUT2D eigenvalue weighted by Gasteiger charge is -2.23. The second kappa shape index (κ2) is 11.0. The van der Waals surface area contributed by atoms with Crippen molar-refractivity contribution in [3.8, 4) is 0 Å². The minimum atomic E-state index is -1.02. The Kier molecular flexibility index (Phi) is 8.06. The van der Waals surface area contributed by atoms with Gasteiger partial charge in [0.05, 0.1) is 24.5 Å². The Morgan fingerprint density at radius 1 is 1.06 bits per heavy atom. The first-order chi connectivity index (χ1) is 16.6. The van der Waals surface area contributed by atoms with Gasteiger partial charge in [0.15, 0.2) is 11.9 Å². The lowest BCUT2D eigenvalue weighted by molar-refractivity contribution is -0.144. The highest BCUT2D eigenvalue weighted by Crippen LogP contribution is 2.30. The number of ether oxygens (including phenoxy) is 2. The number of anilines is 2. The quantitative estimate of drug-likeness (QED) is 0.455. The summed E-state index contributed by atoms with van der Waals surface area (Å²) >= 11 is 0. The van der Waals surface area contributed by atoms with Crippen LogP contribution in [0.3, 0.4) is 0 Å². The summed E-state index contributed by atoms with van der Waals surface area (Å²) in [5.41, 5.74) is 3.20. The molecule has 2 aromatic carbocycles. The lowest BCUT2D eigenvalue weighted by Crippen LogP contribution is -2.29. The van der Waals surface area contributed by atoms with Crippen LogP contribution in [0.15, 0.2) is 42.5 Å². The largest absolute Gasteiger partial charge is 0.464 e. The average Bonchev–Trinajstić information content (AvgIpc) is 3.22. The standard InChI is InChI=1S/C25H32N6O4/c1-7-34-23(32)21(22-28-29-30-31(22)15-18-11-9-8-10-12-18)26-19-13-16(2)17(3)14-20(19)27-24(33)35-25(4,5)6/h8-14,21,26H,7,15H2,1-6H3,(H,27,33). The summed E-state index contributed by atoms with van der Waals surface area (Å²) in [4.78, 5) is 25.5. The van der Waals surface area contributed by atoms with Crippen LogP contribution >= 0.6 is 0 Å². The van der Waals surface area contributed by atoms with Crippen LogP contribution in [-0.4, -0.2) is 44.5 Å². The molecule has 35 heavy (non-hydrogen) atoms. The van der Waals surface area contributed by atoms with Crippen molar-refractivity contribution in [3.63, 3.8) is 0 Å². The number of hydrogen-bond donors (Lipinski definition) is 2. The Balaban J connectivity index is 1.96. The maximum absolute atomic E-state index is 13.0. The van der Waals surface area contributed by atoms with E-state index in [9.17, 15) is 9.59 Å². The Hall–Kier alpha value is -3.95. The number of hydrogen-bond acceptors (Lipinski definition) is 8. The molecule has 10 nitrogen and oxygen atoms in total. The van der Waals surface area contributed by atoms with E-state index in [1.807, 2.05) is 56.3 Å². The highest BCUT2D eigenvalue weighted by molar-refractivity contribution is 5.91. The number of benzene rings is 2. The number of esters is 1. The van der Waals surface area contributed by atoms with Gasteiger partial charge in [-0.05, 0) is 80.8 Å². The van der Waals surface area contributed by atoms with Crippen LogP contribution in [0.25, 0.3) is 0 Å². The zero-order chi connectivity index (χ0) is 25.6. The van der Waals surface area contributed by atoms with Gasteiger partial charge in [0.1, 0.15) is 5.60 Å². The molecule has 1 heterocycles. The lowest BCUT2D eigenvalue weighted by atomic mass is 10.1. The van der Waals surface area contributed by atoms with E-state index in [0.29, 0.717) is 17.9 Å². The van der Waals surface area contributed by atoms with Crippen LogP contribution < -0.4 is 10.6 Å². The molecule has 0 bridgehead atoms. The van der Waals surface area contributed by atoms with Gasteiger partial charge in [-0.3, -0.25) is 5.32 Å². The molecule has 0 fully saturated rings. The third-order valence-corrected chi connectivity index (χ3v) is 5.08. The molecule has 1 unspecified atom stereocenters. The molecule has 2 N–H and O–H groups in total. The molecular weight excluding hydrogens is 448 g/mol. The highest BCUT2D eigenvalue weighted by atomic mass is 16.6. The molecule has 0 spiro atoms. The predicted octanol–water partition coefficient (Wildman–Crippen LogP) is 4.40. The zero-order valence-corrected chi connectivity index (χ0v) is 21.0. The van der Waals surface area contributed by atoms with Crippen LogP contribution in [0.2, 0.25) is 0 Å². The van der Waals surface area contributed by atoms with Crippen molar-refractivity contribution in [2.45, 2.75) is 59.7 Å². The third kappa shape index (κ3) is 7.02. The van der Waals surface area contributed by atoms with Gasteiger partial charge in [0.25, 0.3) is 0 Å². The topological polar surface area (TPSA) is 120 Å². The molecule has 1 atom stereocenters. The number of amides is 1. The van der Waals surface area contributed by atoms with Gasteiger partial charge in [-0.2, -0.15) is 0 Å². The molecular formula is C25H32N6O4. The number of aryl methyl sites for hydroxylation is 2. The van der Waals surface area contributed by atoms with Crippen LogP contribution in [0.4, 0.5) is 16.2 Å². The Bertz CT molecular complexity index is 1170. The van der Waals surface area contributed by atoms with E-state index in [-0.39, 0.29) is 12.4 Å². The van der Waals surface area contributed by atoms with E-state index in [0.717, 1.165) is 16.7 Å². The maximum atomic E-state index is 13.0. The predicted molar refractivity (Wildman–Crippen MR) is 132 cm³/mol. The van der Waals surface area contributed by atoms with Crippen LogP contribution in [-0.2, 0) is 20.8 Å². The summed E-state index contributed by atoms with van der Waals surface area (Å²) in [7, 11) is 0. The Morgan fingerprint density at radius 3 is 2.34 bits per heavy atom. The molecule has 0 saturated heterocycles. The Labute approximate surface area is 205 Å². The molecule has 10 heteroatoms. The molecule has 0 saturated carbocycles. The van der Waals surface area contributed by atoms with Gasteiger partial charge < -0.3 is 14.8 Å². The number of rotatable bonds is 8. The van der Waals surface area contributed by atoms with E-state index >= 15 is 0 Å². The average molecular weight is 481 g/mol. The summed E-state index contributed by atoms with van der Waals surface area (Å²) < 4.78 is 12.3.